The van der Waals surface area contributed by atoms with Gasteiger partial charge in [0.25, 0.3) is 0 Å². The molecule has 0 fully saturated rings. The number of amides is 2. The Hall–Kier alpha value is -1.70. The summed E-state index contributed by atoms with van der Waals surface area (Å²) in [5.41, 5.74) is -1.25. The lowest BCUT2D eigenvalue weighted by Crippen LogP contribution is -2.55. The minimum atomic E-state index is -1.25. The van der Waals surface area contributed by atoms with Gasteiger partial charge in [0.2, 0.25) is 0 Å². The first-order chi connectivity index (χ1) is 7.23. The third-order valence-electron chi connectivity index (χ3n) is 2.46. The minimum Gasteiger partial charge on any atom is -0.480 e. The summed E-state index contributed by atoms with van der Waals surface area (Å²) >= 11 is 0. The van der Waals surface area contributed by atoms with Crippen LogP contribution in [-0.2, 0) is 4.79 Å². The standard InChI is InChI=1S/C11H18N2O3/c1-6-7-8(2)12-10(16)13(5)11(3,4)9(14)15/h1,8H,7H2,2-5H3,(H,12,16)(H,14,15). The van der Waals surface area contributed by atoms with Crippen LogP contribution >= 0.6 is 0 Å². The summed E-state index contributed by atoms with van der Waals surface area (Å²) in [5.74, 6) is 1.36. The Morgan fingerprint density at radius 1 is 1.56 bits per heavy atom. The monoisotopic (exact) mass is 226 g/mol. The van der Waals surface area contributed by atoms with Crippen molar-refractivity contribution in [2.24, 2.45) is 0 Å². The molecular formula is C11H18N2O3. The molecule has 0 aliphatic rings. The molecule has 0 aromatic heterocycles. The summed E-state index contributed by atoms with van der Waals surface area (Å²) in [6.07, 6.45) is 5.52. The molecule has 0 bridgehead atoms. The molecule has 5 nitrogen and oxygen atoms in total. The maximum Gasteiger partial charge on any atom is 0.329 e. The van der Waals surface area contributed by atoms with E-state index < -0.39 is 17.5 Å². The molecule has 0 radical (unpaired) electrons. The normalized spacial score (nSPS) is 12.4. The summed E-state index contributed by atoms with van der Waals surface area (Å²) in [5, 5.41) is 11.6. The fourth-order valence-electron chi connectivity index (χ4n) is 0.933. The van der Waals surface area contributed by atoms with E-state index >= 15 is 0 Å². The first-order valence-electron chi connectivity index (χ1n) is 4.94. The Morgan fingerprint density at radius 3 is 2.44 bits per heavy atom. The average Bonchev–Trinajstić information content (AvgIpc) is 2.16. The third kappa shape index (κ3) is 3.46. The van der Waals surface area contributed by atoms with Gasteiger partial charge >= 0.3 is 12.0 Å². The topological polar surface area (TPSA) is 69.6 Å². The van der Waals surface area contributed by atoms with E-state index in [1.165, 1.54) is 20.9 Å². The third-order valence-corrected chi connectivity index (χ3v) is 2.46. The van der Waals surface area contributed by atoms with Gasteiger partial charge in [-0.15, -0.1) is 12.3 Å². The van der Waals surface area contributed by atoms with Crippen molar-refractivity contribution in [3.63, 3.8) is 0 Å². The fraction of sp³-hybridized carbons (Fsp3) is 0.636. The molecule has 1 atom stereocenters. The van der Waals surface area contributed by atoms with E-state index in [1.807, 2.05) is 0 Å². The van der Waals surface area contributed by atoms with Gasteiger partial charge in [0.1, 0.15) is 5.54 Å². The van der Waals surface area contributed by atoms with Gasteiger partial charge in [0, 0.05) is 19.5 Å². The highest BCUT2D eigenvalue weighted by atomic mass is 16.4. The molecule has 0 rings (SSSR count). The number of hydrogen-bond donors (Lipinski definition) is 2. The van der Waals surface area contributed by atoms with Gasteiger partial charge in [-0.25, -0.2) is 9.59 Å². The quantitative estimate of drug-likeness (QED) is 0.700. The number of rotatable bonds is 4. The summed E-state index contributed by atoms with van der Waals surface area (Å²) in [6, 6.07) is -0.625. The van der Waals surface area contributed by atoms with Crippen LogP contribution in [-0.4, -0.2) is 40.6 Å². The number of nitrogens with one attached hydrogen (secondary N) is 1. The minimum absolute atomic E-state index is 0.176. The zero-order valence-corrected chi connectivity index (χ0v) is 10.1. The number of carboxylic acids is 1. The van der Waals surface area contributed by atoms with Gasteiger partial charge in [0.15, 0.2) is 0 Å². The van der Waals surface area contributed by atoms with Gasteiger partial charge in [-0.3, -0.25) is 0 Å². The predicted molar refractivity (Wildman–Crippen MR) is 60.9 cm³/mol. The van der Waals surface area contributed by atoms with Crippen molar-refractivity contribution in [3.8, 4) is 12.3 Å². The van der Waals surface area contributed by atoms with Crippen molar-refractivity contribution in [3.05, 3.63) is 0 Å². The molecule has 5 heteroatoms. The van der Waals surface area contributed by atoms with Crippen LogP contribution in [0.4, 0.5) is 4.79 Å². The molecule has 0 spiro atoms. The number of aliphatic carboxylic acids is 1. The largest absolute Gasteiger partial charge is 0.480 e. The zero-order valence-electron chi connectivity index (χ0n) is 10.1. The molecule has 0 aliphatic heterocycles. The lowest BCUT2D eigenvalue weighted by Gasteiger charge is -2.32. The molecule has 90 valence electrons. The van der Waals surface area contributed by atoms with Crippen LogP contribution in [0.3, 0.4) is 0 Å². The van der Waals surface area contributed by atoms with Crippen LogP contribution in [0.15, 0.2) is 0 Å². The average molecular weight is 226 g/mol. The van der Waals surface area contributed by atoms with Crippen molar-refractivity contribution in [2.45, 2.75) is 38.8 Å². The lowest BCUT2D eigenvalue weighted by atomic mass is 10.0. The second kappa shape index (κ2) is 5.40. The van der Waals surface area contributed by atoms with Gasteiger partial charge in [0.05, 0.1) is 0 Å². The highest BCUT2D eigenvalue weighted by Crippen LogP contribution is 2.12. The molecule has 0 saturated carbocycles. The van der Waals surface area contributed by atoms with E-state index in [9.17, 15) is 9.59 Å². The molecule has 0 aliphatic carbocycles. The van der Waals surface area contributed by atoms with E-state index in [-0.39, 0.29) is 6.04 Å². The zero-order chi connectivity index (χ0) is 12.9. The van der Waals surface area contributed by atoms with Gasteiger partial charge < -0.3 is 15.3 Å². The van der Waals surface area contributed by atoms with E-state index in [4.69, 9.17) is 11.5 Å². The van der Waals surface area contributed by atoms with Crippen LogP contribution in [0.5, 0.6) is 0 Å². The molecule has 2 N–H and O–H groups in total. The Bertz CT molecular complexity index is 318. The number of likely N-dealkylation sites (N-methyl/N-ethyl adjacent to an activating group) is 1. The number of hydrogen-bond acceptors (Lipinski definition) is 2. The highest BCUT2D eigenvalue weighted by Gasteiger charge is 2.35. The van der Waals surface area contributed by atoms with Crippen molar-refractivity contribution in [1.29, 1.82) is 0 Å². The lowest BCUT2D eigenvalue weighted by molar-refractivity contribution is -0.146. The molecule has 0 heterocycles. The smallest absolute Gasteiger partial charge is 0.329 e. The number of terminal acetylenes is 1. The number of carbonyl (C=O) groups is 2. The second-order valence-electron chi connectivity index (χ2n) is 4.18. The SMILES string of the molecule is C#CCC(C)NC(=O)N(C)C(C)(C)C(=O)O. The molecule has 1 unspecified atom stereocenters. The summed E-state index contributed by atoms with van der Waals surface area (Å²) in [6.45, 7) is 4.68. The molecule has 0 saturated heterocycles. The van der Waals surface area contributed by atoms with Crippen molar-refractivity contribution < 1.29 is 14.7 Å². The van der Waals surface area contributed by atoms with Crippen molar-refractivity contribution >= 4 is 12.0 Å². The first-order valence-corrected chi connectivity index (χ1v) is 4.94. The van der Waals surface area contributed by atoms with Crippen LogP contribution in [0.25, 0.3) is 0 Å². The first kappa shape index (κ1) is 14.3. The fourth-order valence-corrected chi connectivity index (χ4v) is 0.933. The summed E-state index contributed by atoms with van der Waals surface area (Å²) in [7, 11) is 1.44. The van der Waals surface area contributed by atoms with Gasteiger partial charge in [-0.2, -0.15) is 0 Å². The molecule has 2 amide bonds. The van der Waals surface area contributed by atoms with E-state index in [0.29, 0.717) is 6.42 Å². The summed E-state index contributed by atoms with van der Waals surface area (Å²) < 4.78 is 0. The number of nitrogens with zero attached hydrogens (tertiary/aromatic N) is 1. The number of urea groups is 1. The van der Waals surface area contributed by atoms with Crippen molar-refractivity contribution in [1.82, 2.24) is 10.2 Å². The van der Waals surface area contributed by atoms with E-state index in [1.54, 1.807) is 6.92 Å². The van der Waals surface area contributed by atoms with E-state index in [0.717, 1.165) is 4.90 Å². The van der Waals surface area contributed by atoms with Crippen LogP contribution in [0, 0.1) is 12.3 Å². The Balaban J connectivity index is 4.52. The van der Waals surface area contributed by atoms with Crippen LogP contribution in [0.2, 0.25) is 0 Å². The van der Waals surface area contributed by atoms with Crippen LogP contribution in [0.1, 0.15) is 27.2 Å². The maximum absolute atomic E-state index is 11.7. The van der Waals surface area contributed by atoms with Gasteiger partial charge in [-0.05, 0) is 20.8 Å². The second-order valence-corrected chi connectivity index (χ2v) is 4.18. The molecule has 0 aromatic carbocycles. The van der Waals surface area contributed by atoms with Gasteiger partial charge in [-0.1, -0.05) is 0 Å². The van der Waals surface area contributed by atoms with Crippen molar-refractivity contribution in [2.75, 3.05) is 7.05 Å². The Kier molecular flexibility index (Phi) is 4.83. The Morgan fingerprint density at radius 2 is 2.06 bits per heavy atom. The number of carbonyl (C=O) groups excluding carboxylic acids is 1. The summed E-state index contributed by atoms with van der Waals surface area (Å²) in [4.78, 5) is 23.7. The highest BCUT2D eigenvalue weighted by molar-refractivity contribution is 5.85. The maximum atomic E-state index is 11.7. The number of carboxylic acid groups (broad SMARTS) is 1. The molecule has 16 heavy (non-hydrogen) atoms. The van der Waals surface area contributed by atoms with E-state index in [2.05, 4.69) is 11.2 Å². The Labute approximate surface area is 95.8 Å². The molecular weight excluding hydrogens is 208 g/mol. The molecule has 0 aromatic rings. The predicted octanol–water partition coefficient (Wildman–Crippen LogP) is 0.903. The van der Waals surface area contributed by atoms with Crippen LogP contribution < -0.4 is 5.32 Å².